The van der Waals surface area contributed by atoms with Gasteiger partial charge < -0.3 is 9.05 Å². The Balaban J connectivity index is 2.02. The molecule has 0 heterocycles. The fourth-order valence-corrected chi connectivity index (χ4v) is 7.57. The van der Waals surface area contributed by atoms with E-state index in [-0.39, 0.29) is 11.7 Å². The summed E-state index contributed by atoms with van der Waals surface area (Å²) in [7, 11) is -5.02. The van der Waals surface area contributed by atoms with Gasteiger partial charge in [-0.25, -0.2) is 8.42 Å². The smallest absolute Gasteiger partial charge is 0.311 e. The van der Waals surface area contributed by atoms with Crippen LogP contribution >= 0.6 is 7.60 Å². The Morgan fingerprint density at radius 1 is 0.960 bits per heavy atom. The van der Waals surface area contributed by atoms with Crippen molar-refractivity contribution in [3.05, 3.63) is 59.7 Å². The van der Waals surface area contributed by atoms with E-state index in [0.717, 1.165) is 22.3 Å². The van der Waals surface area contributed by atoms with Gasteiger partial charge in [0.15, 0.2) is 14.8 Å². The van der Waals surface area contributed by atoms with Crippen molar-refractivity contribution >= 4 is 17.4 Å². The van der Waals surface area contributed by atoms with Gasteiger partial charge in [0, 0.05) is 20.1 Å². The molecule has 0 amide bonds. The second-order valence-corrected chi connectivity index (χ2v) is 11.4. The maximum absolute atomic E-state index is 12.9. The molecule has 5 nitrogen and oxygen atoms in total. The van der Waals surface area contributed by atoms with Crippen LogP contribution in [-0.4, -0.2) is 33.4 Å². The van der Waals surface area contributed by atoms with Gasteiger partial charge in [-0.3, -0.25) is 4.57 Å². The monoisotopic (exact) mass is 380 g/mol. The molecule has 2 aromatic carbocycles. The zero-order valence-corrected chi connectivity index (χ0v) is 16.1. The minimum atomic E-state index is -3.72. The predicted molar refractivity (Wildman–Crippen MR) is 98.6 cm³/mol. The highest BCUT2D eigenvalue weighted by Gasteiger charge is 2.43. The van der Waals surface area contributed by atoms with Crippen molar-refractivity contribution in [1.82, 2.24) is 0 Å². The Bertz CT molecular complexity index is 884. The average molecular weight is 380 g/mol. The Kier molecular flexibility index (Phi) is 4.91. The van der Waals surface area contributed by atoms with Crippen LogP contribution in [0.4, 0.5) is 0 Å². The predicted octanol–water partition coefficient (Wildman–Crippen LogP) is 4.05. The quantitative estimate of drug-likeness (QED) is 0.707. The highest BCUT2D eigenvalue weighted by Crippen LogP contribution is 2.55. The molecule has 0 unspecified atom stereocenters. The van der Waals surface area contributed by atoms with Crippen LogP contribution in [-0.2, 0) is 23.4 Å². The van der Waals surface area contributed by atoms with Crippen LogP contribution < -0.4 is 0 Å². The molecule has 0 radical (unpaired) electrons. The molecule has 0 aliphatic heterocycles. The van der Waals surface area contributed by atoms with Crippen molar-refractivity contribution < 1.29 is 22.0 Å². The first-order chi connectivity index (χ1) is 11.8. The summed E-state index contributed by atoms with van der Waals surface area (Å²) in [5.41, 5.74) is 4.05. The molecule has 134 valence electrons. The summed E-state index contributed by atoms with van der Waals surface area (Å²) >= 11 is 0. The molecule has 0 saturated carbocycles. The Morgan fingerprint density at radius 3 is 1.84 bits per heavy atom. The molecule has 1 aliphatic carbocycles. The molecule has 1 aliphatic rings. The van der Waals surface area contributed by atoms with Gasteiger partial charge in [0.25, 0.3) is 0 Å². The fourth-order valence-electron chi connectivity index (χ4n) is 3.38. The van der Waals surface area contributed by atoms with Gasteiger partial charge in [0.05, 0.1) is 5.75 Å². The lowest BCUT2D eigenvalue weighted by molar-refractivity contribution is 0.274. The lowest BCUT2D eigenvalue weighted by atomic mass is 9.99. The van der Waals surface area contributed by atoms with E-state index < -0.39 is 22.4 Å². The van der Waals surface area contributed by atoms with Crippen molar-refractivity contribution in [3.63, 3.8) is 0 Å². The molecule has 3 rings (SSSR count). The molecular formula is C18H21O5PS. The van der Waals surface area contributed by atoms with Crippen LogP contribution in [0.2, 0.25) is 0 Å². The van der Waals surface area contributed by atoms with E-state index in [1.807, 2.05) is 48.5 Å². The van der Waals surface area contributed by atoms with Gasteiger partial charge in [-0.15, -0.1) is 0 Å². The maximum Gasteiger partial charge on any atom is 0.347 e. The second-order valence-electron chi connectivity index (χ2n) is 6.06. The highest BCUT2D eigenvalue weighted by molar-refractivity contribution is 7.98. The van der Waals surface area contributed by atoms with E-state index in [2.05, 4.69) is 0 Å². The molecular weight excluding hydrogens is 359 g/mol. The van der Waals surface area contributed by atoms with Gasteiger partial charge in [0.1, 0.15) is 0 Å². The van der Waals surface area contributed by atoms with Crippen molar-refractivity contribution in [1.29, 1.82) is 0 Å². The zero-order chi connectivity index (χ0) is 18.2. The number of benzene rings is 2. The number of sulfone groups is 1. The highest BCUT2D eigenvalue weighted by atomic mass is 32.2. The molecule has 0 saturated heterocycles. The second kappa shape index (κ2) is 6.69. The van der Waals surface area contributed by atoms with E-state index in [1.165, 1.54) is 21.1 Å². The fraction of sp³-hybridized carbons (Fsp3) is 0.333. The van der Waals surface area contributed by atoms with Gasteiger partial charge in [0.2, 0.25) is 0 Å². The van der Waals surface area contributed by atoms with Crippen LogP contribution in [0.3, 0.4) is 0 Å². The number of fused-ring (bicyclic) bond motifs is 3. The Hall–Kier alpha value is -1.46. The van der Waals surface area contributed by atoms with Crippen molar-refractivity contribution in [2.24, 2.45) is 0 Å². The normalized spacial score (nSPS) is 15.6. The first-order valence-corrected chi connectivity index (χ1v) is 11.3. The molecule has 0 spiro atoms. The topological polar surface area (TPSA) is 69.7 Å². The number of hydrogen-bond donors (Lipinski definition) is 0. The van der Waals surface area contributed by atoms with Crippen LogP contribution in [0.25, 0.3) is 11.1 Å². The van der Waals surface area contributed by atoms with Crippen LogP contribution in [0, 0.1) is 0 Å². The SMILES string of the molecule is COP(=O)(OC)[C@H](C)S(=O)(=O)CC1c2ccccc2-c2ccccc21. The first kappa shape index (κ1) is 18.3. The molecule has 0 bridgehead atoms. The minimum absolute atomic E-state index is 0.140. The molecule has 0 aromatic heterocycles. The van der Waals surface area contributed by atoms with Gasteiger partial charge in [-0.05, 0) is 29.2 Å². The lowest BCUT2D eigenvalue weighted by Gasteiger charge is -2.23. The molecule has 0 N–H and O–H groups in total. The van der Waals surface area contributed by atoms with Crippen molar-refractivity contribution in [3.8, 4) is 11.1 Å². The third-order valence-electron chi connectivity index (χ3n) is 4.84. The summed E-state index contributed by atoms with van der Waals surface area (Å²) in [5, 5.41) is 0. The van der Waals surface area contributed by atoms with E-state index >= 15 is 0 Å². The van der Waals surface area contributed by atoms with Gasteiger partial charge in [-0.1, -0.05) is 48.5 Å². The van der Waals surface area contributed by atoms with Crippen molar-refractivity contribution in [2.75, 3.05) is 20.0 Å². The third-order valence-corrected chi connectivity index (χ3v) is 10.3. The summed E-state index contributed by atoms with van der Waals surface area (Å²) in [6, 6.07) is 15.6. The Morgan fingerprint density at radius 2 is 1.40 bits per heavy atom. The summed E-state index contributed by atoms with van der Waals surface area (Å²) in [6.07, 6.45) is 0. The first-order valence-electron chi connectivity index (χ1n) is 7.95. The Labute approximate surface area is 148 Å². The largest absolute Gasteiger partial charge is 0.347 e. The van der Waals surface area contributed by atoms with Crippen LogP contribution in [0.1, 0.15) is 24.0 Å². The third kappa shape index (κ3) is 3.08. The minimum Gasteiger partial charge on any atom is -0.311 e. The van der Waals surface area contributed by atoms with Crippen LogP contribution in [0.15, 0.2) is 48.5 Å². The molecule has 0 fully saturated rings. The van der Waals surface area contributed by atoms with E-state index in [9.17, 15) is 13.0 Å². The van der Waals surface area contributed by atoms with Crippen LogP contribution in [0.5, 0.6) is 0 Å². The molecule has 7 heteroatoms. The molecule has 2 aromatic rings. The molecule has 1 atom stereocenters. The van der Waals surface area contributed by atoms with E-state index in [0.29, 0.717) is 0 Å². The zero-order valence-electron chi connectivity index (χ0n) is 14.4. The van der Waals surface area contributed by atoms with Crippen molar-refractivity contribution in [2.45, 2.75) is 17.8 Å². The van der Waals surface area contributed by atoms with E-state index in [4.69, 9.17) is 9.05 Å². The lowest BCUT2D eigenvalue weighted by Crippen LogP contribution is -2.25. The summed E-state index contributed by atoms with van der Waals surface area (Å²) in [4.78, 5) is -1.23. The van der Waals surface area contributed by atoms with E-state index in [1.54, 1.807) is 0 Å². The standard InChI is InChI=1S/C18H21O5PS/c1-13(24(19,22-2)23-3)25(20,21)12-18-16-10-6-4-8-14(16)15-9-5-7-11-17(15)18/h4-11,13,18H,12H2,1-3H3/t13-/m0/s1. The molecule has 25 heavy (non-hydrogen) atoms. The number of rotatable bonds is 6. The van der Waals surface area contributed by atoms with Gasteiger partial charge in [-0.2, -0.15) is 0 Å². The van der Waals surface area contributed by atoms with Gasteiger partial charge >= 0.3 is 7.60 Å². The summed E-state index contributed by atoms with van der Waals surface area (Å²) in [5.74, 6) is -0.430. The summed E-state index contributed by atoms with van der Waals surface area (Å²) in [6.45, 7) is 1.38. The summed E-state index contributed by atoms with van der Waals surface area (Å²) < 4.78 is 48.2. The number of hydrogen-bond acceptors (Lipinski definition) is 5. The maximum atomic E-state index is 12.9. The average Bonchev–Trinajstić information content (AvgIpc) is 2.94.